The summed E-state index contributed by atoms with van der Waals surface area (Å²) in [5.74, 6) is -0.548. The first-order chi connectivity index (χ1) is 10.3. The molecule has 1 heterocycles. The summed E-state index contributed by atoms with van der Waals surface area (Å²) in [5.41, 5.74) is 1.13. The Balaban J connectivity index is 2.62. The maximum Gasteiger partial charge on any atom is 0.276 e. The molecule has 1 N–H and O–H groups in total. The predicted molar refractivity (Wildman–Crippen MR) is 85.6 cm³/mol. The fourth-order valence-electron chi connectivity index (χ4n) is 2.88. The van der Waals surface area contributed by atoms with Crippen molar-refractivity contribution in [2.75, 3.05) is 24.2 Å². The maximum atomic E-state index is 12.2. The Morgan fingerprint density at radius 2 is 2.14 bits per heavy atom. The van der Waals surface area contributed by atoms with Crippen LogP contribution in [-0.4, -0.2) is 51.6 Å². The largest absolute Gasteiger partial charge is 0.391 e. The van der Waals surface area contributed by atoms with E-state index in [4.69, 9.17) is 0 Å². The third kappa shape index (κ3) is 3.20. The van der Waals surface area contributed by atoms with E-state index in [1.807, 2.05) is 4.90 Å². The second-order valence-electron chi connectivity index (χ2n) is 5.56. The fourth-order valence-corrected chi connectivity index (χ4v) is 4.13. The first-order valence-electron chi connectivity index (χ1n) is 7.03. The number of benzene rings is 1. The van der Waals surface area contributed by atoms with E-state index in [2.05, 4.69) is 11.7 Å². The number of nitrogens with zero attached hydrogens (tertiary/aromatic N) is 2. The minimum atomic E-state index is -3.53. The van der Waals surface area contributed by atoms with Crippen molar-refractivity contribution in [1.82, 2.24) is 0 Å². The molecule has 1 amide bonds. The van der Waals surface area contributed by atoms with E-state index in [0.717, 1.165) is 12.7 Å². The van der Waals surface area contributed by atoms with Gasteiger partial charge >= 0.3 is 0 Å². The summed E-state index contributed by atoms with van der Waals surface area (Å²) in [5, 5.41) is 9.82. The van der Waals surface area contributed by atoms with Crippen molar-refractivity contribution in [3.8, 4) is 0 Å². The van der Waals surface area contributed by atoms with Gasteiger partial charge in [0.15, 0.2) is 9.84 Å². The van der Waals surface area contributed by atoms with Crippen LogP contribution >= 0.6 is 0 Å². The monoisotopic (exact) mass is 324 g/mol. The summed E-state index contributed by atoms with van der Waals surface area (Å²) >= 11 is 0. The van der Waals surface area contributed by atoms with Gasteiger partial charge < -0.3 is 10.0 Å². The van der Waals surface area contributed by atoms with E-state index in [1.165, 1.54) is 0 Å². The van der Waals surface area contributed by atoms with Crippen LogP contribution in [0.3, 0.4) is 0 Å². The van der Waals surface area contributed by atoms with E-state index in [9.17, 15) is 18.3 Å². The molecule has 120 valence electrons. The molecule has 2 rings (SSSR count). The molecule has 7 heteroatoms. The molecule has 0 aromatic heterocycles. The number of amides is 1. The molecule has 1 aromatic rings. The molecule has 0 aliphatic carbocycles. The van der Waals surface area contributed by atoms with Crippen LogP contribution in [0.15, 0.2) is 22.0 Å². The lowest BCUT2D eigenvalue weighted by Gasteiger charge is -2.33. The zero-order valence-corrected chi connectivity index (χ0v) is 13.6. The third-order valence-corrected chi connectivity index (χ3v) is 5.12. The molecule has 1 saturated heterocycles. The molecular formula is C15H20N2O4S. The second-order valence-corrected chi connectivity index (χ2v) is 7.52. The quantitative estimate of drug-likeness (QED) is 0.844. The van der Waals surface area contributed by atoms with Gasteiger partial charge in [0.1, 0.15) is 0 Å². The zero-order chi connectivity index (χ0) is 16.5. The average Bonchev–Trinajstić information content (AvgIpc) is 2.44. The number of aliphatic imine (C=N–C) groups is 1. The van der Waals surface area contributed by atoms with Gasteiger partial charge in [0, 0.05) is 24.9 Å². The number of β-amino-alcohol motifs (C(OH)–C–C–N with tert-alkyl or cyclic N) is 1. The normalized spacial score (nSPS) is 19.0. The Morgan fingerprint density at radius 1 is 1.45 bits per heavy atom. The van der Waals surface area contributed by atoms with Crippen molar-refractivity contribution in [3.63, 3.8) is 0 Å². The van der Waals surface area contributed by atoms with Gasteiger partial charge in [-0.2, -0.15) is 0 Å². The first kappa shape index (κ1) is 16.6. The predicted octanol–water partition coefficient (Wildman–Crippen LogP) is 1.20. The number of hydrogen-bond donors (Lipinski definition) is 1. The van der Waals surface area contributed by atoms with Crippen LogP contribution in [0.1, 0.15) is 28.8 Å². The minimum Gasteiger partial charge on any atom is -0.391 e. The lowest BCUT2D eigenvalue weighted by molar-refractivity contribution is 0.100. The van der Waals surface area contributed by atoms with Crippen molar-refractivity contribution >= 4 is 28.1 Å². The van der Waals surface area contributed by atoms with E-state index in [1.54, 1.807) is 19.1 Å². The molecule has 0 spiro atoms. The number of hydrogen-bond acceptors (Lipinski definition) is 5. The highest BCUT2D eigenvalue weighted by molar-refractivity contribution is 7.91. The van der Waals surface area contributed by atoms with Gasteiger partial charge in [0.25, 0.3) is 5.91 Å². The Hall–Kier alpha value is -1.73. The van der Waals surface area contributed by atoms with Crippen molar-refractivity contribution in [3.05, 3.63) is 23.3 Å². The number of carbonyl (C=O) groups is 1. The molecule has 0 radical (unpaired) electrons. The number of piperidine rings is 1. The van der Waals surface area contributed by atoms with Crippen molar-refractivity contribution in [1.29, 1.82) is 0 Å². The van der Waals surface area contributed by atoms with Crippen LogP contribution in [0, 0.1) is 6.92 Å². The molecule has 0 saturated carbocycles. The standard InChI is InChI=1S/C15H20N2O4S/c1-10-12(15(19)16-2)6-7-13(14(10)22(3,20)21)17-8-4-5-11(18)9-17/h6-7,11,18H,2,4-5,8-9H2,1,3H3. The number of anilines is 1. The first-order valence-corrected chi connectivity index (χ1v) is 8.92. The number of aliphatic hydroxyl groups is 1. The summed E-state index contributed by atoms with van der Waals surface area (Å²) in [7, 11) is -3.53. The Labute approximate surface area is 130 Å². The van der Waals surface area contributed by atoms with Crippen LogP contribution in [0.2, 0.25) is 0 Å². The van der Waals surface area contributed by atoms with Gasteiger partial charge in [-0.05, 0) is 44.2 Å². The third-order valence-electron chi connectivity index (χ3n) is 3.87. The summed E-state index contributed by atoms with van der Waals surface area (Å²) < 4.78 is 24.4. The van der Waals surface area contributed by atoms with Crippen LogP contribution < -0.4 is 4.90 Å². The molecule has 1 fully saturated rings. The van der Waals surface area contributed by atoms with Crippen LogP contribution in [0.5, 0.6) is 0 Å². The highest BCUT2D eigenvalue weighted by atomic mass is 32.2. The van der Waals surface area contributed by atoms with E-state index >= 15 is 0 Å². The van der Waals surface area contributed by atoms with Gasteiger partial charge in [0.05, 0.1) is 16.7 Å². The Bertz CT molecular complexity index is 712. The average molecular weight is 324 g/mol. The molecule has 1 aliphatic heterocycles. The molecule has 1 aliphatic rings. The summed E-state index contributed by atoms with van der Waals surface area (Å²) in [4.78, 5) is 17.1. The highest BCUT2D eigenvalue weighted by Gasteiger charge is 2.27. The van der Waals surface area contributed by atoms with Crippen molar-refractivity contribution in [2.45, 2.75) is 30.8 Å². The van der Waals surface area contributed by atoms with E-state index < -0.39 is 21.8 Å². The molecule has 1 unspecified atom stereocenters. The van der Waals surface area contributed by atoms with Crippen LogP contribution in [0.4, 0.5) is 5.69 Å². The minimum absolute atomic E-state index is 0.121. The van der Waals surface area contributed by atoms with Gasteiger partial charge in [-0.15, -0.1) is 0 Å². The topological polar surface area (TPSA) is 87.0 Å². The second kappa shape index (κ2) is 6.18. The lowest BCUT2D eigenvalue weighted by atomic mass is 10.0. The summed E-state index contributed by atoms with van der Waals surface area (Å²) in [6, 6.07) is 3.18. The smallest absolute Gasteiger partial charge is 0.276 e. The molecule has 22 heavy (non-hydrogen) atoms. The number of rotatable bonds is 3. The van der Waals surface area contributed by atoms with Crippen molar-refractivity contribution in [2.24, 2.45) is 4.99 Å². The fraction of sp³-hybridized carbons (Fsp3) is 0.467. The Kier molecular flexibility index (Phi) is 4.67. The van der Waals surface area contributed by atoms with E-state index in [0.29, 0.717) is 30.8 Å². The molecular weight excluding hydrogens is 304 g/mol. The number of carbonyl (C=O) groups excluding carboxylic acids is 1. The lowest BCUT2D eigenvalue weighted by Crippen LogP contribution is -2.39. The molecule has 0 bridgehead atoms. The number of sulfone groups is 1. The zero-order valence-electron chi connectivity index (χ0n) is 12.7. The maximum absolute atomic E-state index is 12.2. The summed E-state index contributed by atoms with van der Waals surface area (Å²) in [6.45, 7) is 5.85. The molecule has 6 nitrogen and oxygen atoms in total. The van der Waals surface area contributed by atoms with Gasteiger partial charge in [-0.25, -0.2) is 13.4 Å². The van der Waals surface area contributed by atoms with Crippen LogP contribution in [-0.2, 0) is 9.84 Å². The van der Waals surface area contributed by atoms with Crippen molar-refractivity contribution < 1.29 is 18.3 Å². The highest BCUT2D eigenvalue weighted by Crippen LogP contribution is 2.32. The van der Waals surface area contributed by atoms with Gasteiger partial charge in [-0.3, -0.25) is 4.79 Å². The van der Waals surface area contributed by atoms with Gasteiger partial charge in [0.2, 0.25) is 0 Å². The molecule has 1 aromatic carbocycles. The Morgan fingerprint density at radius 3 is 2.68 bits per heavy atom. The van der Waals surface area contributed by atoms with E-state index in [-0.39, 0.29) is 10.5 Å². The van der Waals surface area contributed by atoms with Gasteiger partial charge in [-0.1, -0.05) is 0 Å². The summed E-state index contributed by atoms with van der Waals surface area (Å²) in [6.07, 6.45) is 2.14. The van der Waals surface area contributed by atoms with Crippen LogP contribution in [0.25, 0.3) is 0 Å². The number of aliphatic hydroxyl groups excluding tert-OH is 1. The SMILES string of the molecule is C=NC(=O)c1ccc(N2CCCC(O)C2)c(S(C)(=O)=O)c1C. The molecule has 1 atom stereocenters.